The van der Waals surface area contributed by atoms with Crippen molar-refractivity contribution in [2.24, 2.45) is 7.05 Å². The van der Waals surface area contributed by atoms with E-state index in [1.54, 1.807) is 7.11 Å². The summed E-state index contributed by atoms with van der Waals surface area (Å²) in [5.74, 6) is 2.04. The molecule has 0 atom stereocenters. The molecule has 0 spiro atoms. The third-order valence-corrected chi connectivity index (χ3v) is 4.48. The summed E-state index contributed by atoms with van der Waals surface area (Å²) < 4.78 is 7.23. The molecule has 3 rings (SSSR count). The smallest absolute Gasteiger partial charge is 0.130 e. The van der Waals surface area contributed by atoms with E-state index >= 15 is 0 Å². The fourth-order valence-corrected chi connectivity index (χ4v) is 3.30. The first-order valence-corrected chi connectivity index (χ1v) is 8.47. The summed E-state index contributed by atoms with van der Waals surface area (Å²) in [4.78, 5) is 2.11. The number of nitrogens with one attached hydrogen (secondary N) is 1. The molecule has 0 fully saturated rings. The maximum absolute atomic E-state index is 5.29. The van der Waals surface area contributed by atoms with Crippen molar-refractivity contribution in [3.05, 3.63) is 53.2 Å². The van der Waals surface area contributed by atoms with Crippen molar-refractivity contribution >= 4 is 16.6 Å². The van der Waals surface area contributed by atoms with Gasteiger partial charge < -0.3 is 15.0 Å². The highest BCUT2D eigenvalue weighted by Crippen LogP contribution is 2.23. The van der Waals surface area contributed by atoms with E-state index in [4.69, 9.17) is 4.74 Å². The monoisotopic (exact) mass is 338 g/mol. The number of aromatic nitrogens is 2. The number of ether oxygens (including phenoxy) is 1. The summed E-state index contributed by atoms with van der Waals surface area (Å²) in [5, 5.41) is 10.5. The number of hydrogen-bond acceptors (Lipinski definition) is 4. The van der Waals surface area contributed by atoms with Crippen LogP contribution in [0.5, 0.6) is 5.75 Å². The Labute approximate surface area is 149 Å². The lowest BCUT2D eigenvalue weighted by Gasteiger charge is -2.15. The predicted molar refractivity (Wildman–Crippen MR) is 103 cm³/mol. The molecule has 0 aliphatic carbocycles. The van der Waals surface area contributed by atoms with Gasteiger partial charge in [-0.3, -0.25) is 4.68 Å². The Morgan fingerprint density at radius 1 is 1.08 bits per heavy atom. The van der Waals surface area contributed by atoms with E-state index in [-0.39, 0.29) is 0 Å². The maximum atomic E-state index is 5.29. The second kappa shape index (κ2) is 7.15. The Bertz CT molecular complexity index is 883. The minimum Gasteiger partial charge on any atom is -0.497 e. The van der Waals surface area contributed by atoms with Crippen LogP contribution in [0.25, 0.3) is 10.8 Å². The zero-order valence-electron chi connectivity index (χ0n) is 15.6. The number of anilines is 1. The van der Waals surface area contributed by atoms with Gasteiger partial charge in [-0.2, -0.15) is 5.10 Å². The summed E-state index contributed by atoms with van der Waals surface area (Å²) in [7, 11) is 7.79. The molecule has 132 valence electrons. The van der Waals surface area contributed by atoms with Crippen LogP contribution in [0.3, 0.4) is 0 Å². The molecule has 5 nitrogen and oxygen atoms in total. The van der Waals surface area contributed by atoms with Crippen molar-refractivity contribution in [3.63, 3.8) is 0 Å². The van der Waals surface area contributed by atoms with Crippen molar-refractivity contribution < 1.29 is 4.74 Å². The van der Waals surface area contributed by atoms with E-state index in [9.17, 15) is 0 Å². The fraction of sp³-hybridized carbons (Fsp3) is 0.350. The van der Waals surface area contributed by atoms with Gasteiger partial charge in [0.15, 0.2) is 0 Å². The zero-order valence-corrected chi connectivity index (χ0v) is 15.6. The van der Waals surface area contributed by atoms with Crippen LogP contribution in [0.2, 0.25) is 0 Å². The highest BCUT2D eigenvalue weighted by atomic mass is 16.5. The van der Waals surface area contributed by atoms with Gasteiger partial charge in [-0.25, -0.2) is 0 Å². The van der Waals surface area contributed by atoms with Crippen LogP contribution in [0.1, 0.15) is 16.8 Å². The molecule has 0 radical (unpaired) electrons. The quantitative estimate of drug-likeness (QED) is 0.749. The van der Waals surface area contributed by atoms with Gasteiger partial charge in [0.05, 0.1) is 12.8 Å². The van der Waals surface area contributed by atoms with Crippen molar-refractivity contribution in [3.8, 4) is 5.75 Å². The largest absolute Gasteiger partial charge is 0.497 e. The van der Waals surface area contributed by atoms with Gasteiger partial charge in [-0.1, -0.05) is 18.2 Å². The van der Waals surface area contributed by atoms with Crippen molar-refractivity contribution in [1.29, 1.82) is 0 Å². The molecule has 0 saturated heterocycles. The van der Waals surface area contributed by atoms with Gasteiger partial charge in [0.2, 0.25) is 0 Å². The van der Waals surface area contributed by atoms with Crippen LogP contribution in [0.15, 0.2) is 36.4 Å². The number of hydrogen-bond donors (Lipinski definition) is 1. The summed E-state index contributed by atoms with van der Waals surface area (Å²) in [6, 6.07) is 12.7. The topological polar surface area (TPSA) is 42.3 Å². The molecule has 1 N–H and O–H groups in total. The average Bonchev–Trinajstić information content (AvgIpc) is 2.88. The Morgan fingerprint density at radius 2 is 1.80 bits per heavy atom. The van der Waals surface area contributed by atoms with Crippen LogP contribution in [0.4, 0.5) is 5.82 Å². The van der Waals surface area contributed by atoms with E-state index in [0.29, 0.717) is 0 Å². The number of nitrogens with zero attached hydrogens (tertiary/aromatic N) is 3. The lowest BCUT2D eigenvalue weighted by atomic mass is 10.1. The lowest BCUT2D eigenvalue weighted by molar-refractivity contribution is 0.415. The molecule has 2 aromatic carbocycles. The van der Waals surface area contributed by atoms with E-state index in [2.05, 4.69) is 66.7 Å². The molecule has 1 aromatic heterocycles. The van der Waals surface area contributed by atoms with Crippen molar-refractivity contribution in [2.75, 3.05) is 26.1 Å². The second-order valence-electron chi connectivity index (χ2n) is 6.56. The number of aryl methyl sites for hydroxylation is 2. The first-order valence-electron chi connectivity index (χ1n) is 8.47. The molecule has 1 heterocycles. The van der Waals surface area contributed by atoms with Gasteiger partial charge >= 0.3 is 0 Å². The van der Waals surface area contributed by atoms with Crippen LogP contribution in [-0.2, 0) is 20.1 Å². The molecule has 25 heavy (non-hydrogen) atoms. The minimum absolute atomic E-state index is 0.799. The number of methoxy groups -OCH3 is 1. The predicted octanol–water partition coefficient (Wildman–Crippen LogP) is 3.25. The van der Waals surface area contributed by atoms with Gasteiger partial charge in [-0.05, 0) is 41.5 Å². The van der Waals surface area contributed by atoms with Gasteiger partial charge in [0.25, 0.3) is 0 Å². The van der Waals surface area contributed by atoms with Crippen LogP contribution >= 0.6 is 0 Å². The summed E-state index contributed by atoms with van der Waals surface area (Å²) >= 11 is 0. The van der Waals surface area contributed by atoms with Crippen LogP contribution in [-0.4, -0.2) is 31.0 Å². The molecular formula is C20H26N4O. The number of fused-ring (bicyclic) bond motifs is 1. The first kappa shape index (κ1) is 17.3. The Balaban J connectivity index is 1.71. The SMILES string of the molecule is COc1ccc2cc(CNCc3c(C)nn(C)c3N(C)C)ccc2c1. The van der Waals surface area contributed by atoms with Gasteiger partial charge in [0.1, 0.15) is 11.6 Å². The van der Waals surface area contributed by atoms with E-state index in [1.807, 2.05) is 17.8 Å². The molecule has 0 unspecified atom stereocenters. The second-order valence-corrected chi connectivity index (χ2v) is 6.56. The van der Waals surface area contributed by atoms with Crippen LogP contribution in [0, 0.1) is 6.92 Å². The van der Waals surface area contributed by atoms with Crippen LogP contribution < -0.4 is 15.0 Å². The molecular weight excluding hydrogens is 312 g/mol. The minimum atomic E-state index is 0.799. The van der Waals surface area contributed by atoms with Gasteiger partial charge in [0, 0.05) is 39.8 Å². The standard InChI is InChI=1S/C20H26N4O/c1-14-19(20(23(2)3)24(4)22-14)13-21-12-15-6-7-17-11-18(25-5)9-8-16(17)10-15/h6-11,21H,12-13H2,1-5H3. The first-order chi connectivity index (χ1) is 12.0. The van der Waals surface area contributed by atoms with E-state index in [1.165, 1.54) is 21.9 Å². The Hall–Kier alpha value is -2.53. The molecule has 3 aromatic rings. The third-order valence-electron chi connectivity index (χ3n) is 4.48. The summed E-state index contributed by atoms with van der Waals surface area (Å²) in [5.41, 5.74) is 3.59. The Kier molecular flexibility index (Phi) is 4.95. The molecule has 0 amide bonds. The van der Waals surface area contributed by atoms with Gasteiger partial charge in [-0.15, -0.1) is 0 Å². The summed E-state index contributed by atoms with van der Waals surface area (Å²) in [6.45, 7) is 3.68. The van der Waals surface area contributed by atoms with E-state index in [0.717, 1.165) is 30.4 Å². The highest BCUT2D eigenvalue weighted by Gasteiger charge is 2.14. The van der Waals surface area contributed by atoms with E-state index < -0.39 is 0 Å². The normalized spacial score (nSPS) is 11.1. The Morgan fingerprint density at radius 3 is 2.52 bits per heavy atom. The molecule has 0 saturated carbocycles. The number of rotatable bonds is 6. The zero-order chi connectivity index (χ0) is 18.0. The molecule has 0 aliphatic heterocycles. The molecule has 5 heteroatoms. The average molecular weight is 338 g/mol. The number of benzene rings is 2. The highest BCUT2D eigenvalue weighted by molar-refractivity contribution is 5.84. The molecule has 0 bridgehead atoms. The van der Waals surface area contributed by atoms with Crippen molar-refractivity contribution in [1.82, 2.24) is 15.1 Å². The molecule has 0 aliphatic rings. The lowest BCUT2D eigenvalue weighted by Crippen LogP contribution is -2.18. The summed E-state index contributed by atoms with van der Waals surface area (Å²) in [6.07, 6.45) is 0. The third kappa shape index (κ3) is 3.61. The maximum Gasteiger partial charge on any atom is 0.130 e. The fourth-order valence-electron chi connectivity index (χ4n) is 3.30. The van der Waals surface area contributed by atoms with Crippen molar-refractivity contribution in [2.45, 2.75) is 20.0 Å².